The van der Waals surface area contributed by atoms with Crippen LogP contribution in [0.3, 0.4) is 0 Å². The first-order chi connectivity index (χ1) is 10.0. The summed E-state index contributed by atoms with van der Waals surface area (Å²) in [6.45, 7) is 6.47. The first-order valence-corrected chi connectivity index (χ1v) is 7.91. The molecule has 3 nitrogen and oxygen atoms in total. The van der Waals surface area contributed by atoms with Crippen molar-refractivity contribution in [1.82, 2.24) is 5.32 Å². The molecule has 1 fully saturated rings. The number of hydrogen-bond donors (Lipinski definition) is 1. The molecule has 3 atom stereocenters. The summed E-state index contributed by atoms with van der Waals surface area (Å²) < 4.78 is 0. The molecule has 0 aliphatic carbocycles. The van der Waals surface area contributed by atoms with Crippen LogP contribution in [0, 0.1) is 11.3 Å². The summed E-state index contributed by atoms with van der Waals surface area (Å²) in [7, 11) is 0. The summed E-state index contributed by atoms with van der Waals surface area (Å²) >= 11 is 0. The van der Waals surface area contributed by atoms with Crippen LogP contribution in [0.2, 0.25) is 0 Å². The normalized spacial score (nSPS) is 27.3. The minimum absolute atomic E-state index is 0.127. The average Bonchev–Trinajstić information content (AvgIpc) is 2.47. The molecule has 0 bridgehead atoms. The highest BCUT2D eigenvalue weighted by Crippen LogP contribution is 2.49. The van der Waals surface area contributed by atoms with Gasteiger partial charge >= 0.3 is 0 Å². The van der Waals surface area contributed by atoms with Gasteiger partial charge in [0.1, 0.15) is 0 Å². The Bertz CT molecular complexity index is 511. The van der Waals surface area contributed by atoms with Gasteiger partial charge in [-0.2, -0.15) is 0 Å². The predicted octanol–water partition coefficient (Wildman–Crippen LogP) is 3.65. The van der Waals surface area contributed by atoms with Gasteiger partial charge in [0.05, 0.1) is 5.92 Å². The second-order valence-corrected chi connectivity index (χ2v) is 6.37. The van der Waals surface area contributed by atoms with Gasteiger partial charge in [-0.25, -0.2) is 0 Å². The summed E-state index contributed by atoms with van der Waals surface area (Å²) in [5, 5.41) is 2.53. The van der Waals surface area contributed by atoms with E-state index in [2.05, 4.69) is 26.1 Å². The number of carbonyl (C=O) groups excluding carboxylic acids is 2. The Morgan fingerprint density at radius 1 is 1.24 bits per heavy atom. The number of imide groups is 1. The maximum Gasteiger partial charge on any atom is 0.234 e. The smallest absolute Gasteiger partial charge is 0.234 e. The van der Waals surface area contributed by atoms with Gasteiger partial charge in [0.2, 0.25) is 11.8 Å². The lowest BCUT2D eigenvalue weighted by atomic mass is 9.61. The van der Waals surface area contributed by atoms with Gasteiger partial charge in [-0.1, -0.05) is 57.5 Å². The van der Waals surface area contributed by atoms with E-state index in [1.807, 2.05) is 30.3 Å². The number of carbonyl (C=O) groups is 2. The van der Waals surface area contributed by atoms with Crippen LogP contribution in [-0.4, -0.2) is 11.8 Å². The van der Waals surface area contributed by atoms with Gasteiger partial charge in [0.15, 0.2) is 0 Å². The molecule has 21 heavy (non-hydrogen) atoms. The summed E-state index contributed by atoms with van der Waals surface area (Å²) in [4.78, 5) is 24.5. The van der Waals surface area contributed by atoms with E-state index >= 15 is 0 Å². The Labute approximate surface area is 127 Å². The monoisotopic (exact) mass is 287 g/mol. The molecule has 0 saturated carbocycles. The number of hydrogen-bond acceptors (Lipinski definition) is 2. The maximum atomic E-state index is 12.5. The topological polar surface area (TPSA) is 46.2 Å². The van der Waals surface area contributed by atoms with E-state index < -0.39 is 0 Å². The van der Waals surface area contributed by atoms with Gasteiger partial charge in [-0.05, 0) is 29.7 Å². The summed E-state index contributed by atoms with van der Waals surface area (Å²) in [5.74, 6) is 0.0187. The van der Waals surface area contributed by atoms with Crippen molar-refractivity contribution in [2.75, 3.05) is 0 Å². The van der Waals surface area contributed by atoms with Gasteiger partial charge in [0, 0.05) is 6.42 Å². The maximum absolute atomic E-state index is 12.5. The van der Waals surface area contributed by atoms with Crippen LogP contribution in [-0.2, 0) is 9.59 Å². The molecular weight excluding hydrogens is 262 g/mol. The van der Waals surface area contributed by atoms with Crippen LogP contribution in [0.5, 0.6) is 0 Å². The highest BCUT2D eigenvalue weighted by molar-refractivity contribution is 6.02. The van der Waals surface area contributed by atoms with Crippen LogP contribution in [0.4, 0.5) is 0 Å². The number of nitrogens with one attached hydrogen (secondary N) is 1. The van der Waals surface area contributed by atoms with E-state index in [4.69, 9.17) is 0 Å². The molecule has 0 spiro atoms. The number of rotatable bonds is 5. The van der Waals surface area contributed by atoms with E-state index in [-0.39, 0.29) is 23.1 Å². The van der Waals surface area contributed by atoms with E-state index in [0.717, 1.165) is 24.8 Å². The molecule has 1 heterocycles. The molecule has 1 aliphatic rings. The quantitative estimate of drug-likeness (QED) is 0.840. The Kier molecular flexibility index (Phi) is 4.81. The first-order valence-electron chi connectivity index (χ1n) is 7.91. The molecule has 1 N–H and O–H groups in total. The minimum Gasteiger partial charge on any atom is -0.296 e. The molecule has 3 unspecified atom stereocenters. The molecule has 3 heteroatoms. The van der Waals surface area contributed by atoms with Crippen LogP contribution in [0.25, 0.3) is 0 Å². The first kappa shape index (κ1) is 15.7. The van der Waals surface area contributed by atoms with E-state index in [9.17, 15) is 9.59 Å². The third-order valence-electron chi connectivity index (χ3n) is 4.94. The summed E-state index contributed by atoms with van der Waals surface area (Å²) in [5.41, 5.74) is 0.767. The van der Waals surface area contributed by atoms with Crippen molar-refractivity contribution < 1.29 is 9.59 Å². The van der Waals surface area contributed by atoms with Crippen molar-refractivity contribution in [3.05, 3.63) is 35.9 Å². The van der Waals surface area contributed by atoms with Crippen LogP contribution in [0.15, 0.2) is 30.3 Å². The molecule has 1 aromatic rings. The fourth-order valence-electron chi connectivity index (χ4n) is 3.61. The lowest BCUT2D eigenvalue weighted by molar-refractivity contribution is -0.141. The molecule has 0 aromatic heterocycles. The zero-order valence-corrected chi connectivity index (χ0v) is 13.2. The highest BCUT2D eigenvalue weighted by Gasteiger charge is 2.48. The van der Waals surface area contributed by atoms with Gasteiger partial charge in [0.25, 0.3) is 0 Å². The summed E-state index contributed by atoms with van der Waals surface area (Å²) in [6, 6.07) is 9.88. The Morgan fingerprint density at radius 3 is 2.48 bits per heavy atom. The minimum atomic E-state index is -0.254. The predicted molar refractivity (Wildman–Crippen MR) is 83.7 cm³/mol. The van der Waals surface area contributed by atoms with Crippen molar-refractivity contribution in [2.45, 2.75) is 52.4 Å². The van der Waals surface area contributed by atoms with Crippen LogP contribution >= 0.6 is 0 Å². The van der Waals surface area contributed by atoms with E-state index in [1.54, 1.807) is 0 Å². The number of amides is 2. The zero-order valence-electron chi connectivity index (χ0n) is 13.2. The second kappa shape index (κ2) is 6.42. The molecule has 2 rings (SSSR count). The van der Waals surface area contributed by atoms with E-state index in [1.165, 1.54) is 0 Å². The highest BCUT2D eigenvalue weighted by atomic mass is 16.2. The van der Waals surface area contributed by atoms with Crippen molar-refractivity contribution in [3.8, 4) is 0 Å². The second-order valence-electron chi connectivity index (χ2n) is 6.37. The van der Waals surface area contributed by atoms with Crippen molar-refractivity contribution in [1.29, 1.82) is 0 Å². The average molecular weight is 287 g/mol. The molecule has 1 saturated heterocycles. The van der Waals surface area contributed by atoms with Crippen LogP contribution in [0.1, 0.15) is 57.9 Å². The molecule has 114 valence electrons. The van der Waals surface area contributed by atoms with Gasteiger partial charge < -0.3 is 0 Å². The van der Waals surface area contributed by atoms with Crippen LogP contribution < -0.4 is 5.32 Å². The molecular formula is C18H25NO2. The lowest BCUT2D eigenvalue weighted by Crippen LogP contribution is -2.51. The Balaban J connectivity index is 2.44. The van der Waals surface area contributed by atoms with Crippen molar-refractivity contribution in [3.63, 3.8) is 0 Å². The lowest BCUT2D eigenvalue weighted by Gasteiger charge is -2.44. The van der Waals surface area contributed by atoms with Gasteiger partial charge in [-0.15, -0.1) is 0 Å². The number of piperidine rings is 1. The van der Waals surface area contributed by atoms with Crippen molar-refractivity contribution >= 4 is 11.8 Å². The fourth-order valence-corrected chi connectivity index (χ4v) is 3.61. The van der Waals surface area contributed by atoms with Crippen molar-refractivity contribution in [2.24, 2.45) is 11.3 Å². The standard InChI is InChI=1S/C18H25NO2/c1-4-13(3)11-18(5-2)12-15(20)19-17(21)16(18)14-9-7-6-8-10-14/h6-10,13,16H,4-5,11-12H2,1-3H3,(H,19,20,21). The molecule has 1 aromatic carbocycles. The van der Waals surface area contributed by atoms with E-state index in [0.29, 0.717) is 12.3 Å². The molecule has 1 aliphatic heterocycles. The number of benzene rings is 1. The summed E-state index contributed by atoms with van der Waals surface area (Å²) in [6.07, 6.45) is 3.27. The molecule has 0 radical (unpaired) electrons. The zero-order chi connectivity index (χ0) is 15.5. The Hall–Kier alpha value is -1.64. The third kappa shape index (κ3) is 3.17. The molecule has 2 amide bonds. The fraction of sp³-hybridized carbons (Fsp3) is 0.556. The Morgan fingerprint density at radius 2 is 1.90 bits per heavy atom. The largest absolute Gasteiger partial charge is 0.296 e. The SMILES string of the molecule is CCC(C)CC1(CC)CC(=O)NC(=O)C1c1ccccc1. The van der Waals surface area contributed by atoms with Gasteiger partial charge in [-0.3, -0.25) is 14.9 Å². The third-order valence-corrected chi connectivity index (χ3v) is 4.94.